The van der Waals surface area contributed by atoms with E-state index in [1.807, 2.05) is 18.2 Å². The van der Waals surface area contributed by atoms with Crippen LogP contribution in [0.25, 0.3) is 0 Å². The lowest BCUT2D eigenvalue weighted by atomic mass is 9.79. The van der Waals surface area contributed by atoms with Crippen LogP contribution in [0.15, 0.2) is 18.2 Å². The first-order chi connectivity index (χ1) is 10.1. The number of ether oxygens (including phenoxy) is 1. The maximum Gasteiger partial charge on any atom is 0.228 e. The second-order valence-corrected chi connectivity index (χ2v) is 6.44. The Labute approximate surface area is 130 Å². The van der Waals surface area contributed by atoms with Gasteiger partial charge in [0, 0.05) is 24.8 Å². The van der Waals surface area contributed by atoms with Gasteiger partial charge in [-0.05, 0) is 48.9 Å². The van der Waals surface area contributed by atoms with E-state index < -0.39 is 5.41 Å². The Balaban J connectivity index is 1.74. The summed E-state index contributed by atoms with van der Waals surface area (Å²) >= 11 is 6.03. The highest BCUT2D eigenvalue weighted by molar-refractivity contribution is 6.30. The zero-order valence-corrected chi connectivity index (χ0v) is 12.8. The van der Waals surface area contributed by atoms with E-state index in [0.717, 1.165) is 17.9 Å². The van der Waals surface area contributed by atoms with Gasteiger partial charge in [-0.1, -0.05) is 17.7 Å². The Morgan fingerprint density at radius 1 is 1.43 bits per heavy atom. The summed E-state index contributed by atoms with van der Waals surface area (Å²) < 4.78 is 5.37. The van der Waals surface area contributed by atoms with E-state index in [1.54, 1.807) is 0 Å². The number of nitrogens with one attached hydrogen (secondary N) is 1. The first kappa shape index (κ1) is 14.8. The molecule has 0 aromatic heterocycles. The highest BCUT2D eigenvalue weighted by atomic mass is 35.5. The Hall–Kier alpha value is -1.10. The molecule has 1 heterocycles. The van der Waals surface area contributed by atoms with Crippen molar-refractivity contribution in [2.45, 2.75) is 31.7 Å². The van der Waals surface area contributed by atoms with Crippen molar-refractivity contribution in [1.29, 1.82) is 0 Å². The predicted octanol–water partition coefficient (Wildman–Crippen LogP) is 2.20. The third-order valence-corrected chi connectivity index (χ3v) is 5.05. The molecule has 3 N–H and O–H groups in total. The molecule has 0 radical (unpaired) electrons. The van der Waals surface area contributed by atoms with Crippen molar-refractivity contribution in [2.75, 3.05) is 19.8 Å². The van der Waals surface area contributed by atoms with Crippen molar-refractivity contribution in [1.82, 2.24) is 5.32 Å². The Kier molecular flexibility index (Phi) is 4.20. The molecular formula is C16H21ClN2O2. The van der Waals surface area contributed by atoms with Crippen LogP contribution in [0.4, 0.5) is 0 Å². The number of carbonyl (C=O) groups is 1. The summed E-state index contributed by atoms with van der Waals surface area (Å²) in [6.07, 6.45) is 3.29. The van der Waals surface area contributed by atoms with Gasteiger partial charge in [-0.3, -0.25) is 4.79 Å². The van der Waals surface area contributed by atoms with Gasteiger partial charge in [0.25, 0.3) is 0 Å². The molecule has 0 spiro atoms. The molecule has 1 unspecified atom stereocenters. The fraction of sp³-hybridized carbons (Fsp3) is 0.562. The van der Waals surface area contributed by atoms with Crippen LogP contribution in [0.5, 0.6) is 0 Å². The van der Waals surface area contributed by atoms with E-state index in [1.165, 1.54) is 11.1 Å². The summed E-state index contributed by atoms with van der Waals surface area (Å²) in [5.74, 6) is 0.0705. The summed E-state index contributed by atoms with van der Waals surface area (Å²) in [5.41, 5.74) is 7.85. The molecule has 1 aromatic rings. The van der Waals surface area contributed by atoms with Crippen LogP contribution in [0, 0.1) is 5.41 Å². The Bertz CT molecular complexity index is 541. The lowest BCUT2D eigenvalue weighted by Crippen LogP contribution is -2.49. The number of aryl methyl sites for hydroxylation is 1. The molecule has 1 aliphatic carbocycles. The van der Waals surface area contributed by atoms with Gasteiger partial charge in [0.1, 0.15) is 0 Å². The van der Waals surface area contributed by atoms with Crippen LogP contribution in [0.2, 0.25) is 5.02 Å². The highest BCUT2D eigenvalue weighted by Crippen LogP contribution is 2.35. The summed E-state index contributed by atoms with van der Waals surface area (Å²) in [5, 5.41) is 3.95. The summed E-state index contributed by atoms with van der Waals surface area (Å²) in [4.78, 5) is 12.7. The molecule has 1 atom stereocenters. The van der Waals surface area contributed by atoms with E-state index in [4.69, 9.17) is 22.1 Å². The monoisotopic (exact) mass is 308 g/mol. The van der Waals surface area contributed by atoms with Crippen LogP contribution in [0.3, 0.4) is 0 Å². The zero-order valence-electron chi connectivity index (χ0n) is 12.0. The molecule has 1 fully saturated rings. The standard InChI is InChI=1S/C16H21ClN2O2/c17-12-2-3-13-11(9-12)1-4-14(13)19-15(20)16(10-18)5-7-21-8-6-16/h2-3,9,14H,1,4-8,10,18H2,(H,19,20). The van der Waals surface area contributed by atoms with E-state index in [-0.39, 0.29) is 11.9 Å². The molecular weight excluding hydrogens is 288 g/mol. The van der Waals surface area contributed by atoms with Crippen LogP contribution in [-0.2, 0) is 16.0 Å². The Morgan fingerprint density at radius 2 is 2.19 bits per heavy atom. The van der Waals surface area contributed by atoms with E-state index in [2.05, 4.69) is 5.32 Å². The van der Waals surface area contributed by atoms with E-state index >= 15 is 0 Å². The molecule has 0 bridgehead atoms. The van der Waals surface area contributed by atoms with Gasteiger partial charge in [-0.25, -0.2) is 0 Å². The van der Waals surface area contributed by atoms with Gasteiger partial charge in [0.05, 0.1) is 11.5 Å². The number of fused-ring (bicyclic) bond motifs is 1. The summed E-state index contributed by atoms with van der Waals surface area (Å²) in [6.45, 7) is 1.60. The SMILES string of the molecule is NCC1(C(=O)NC2CCc3cc(Cl)ccc32)CCOCC1. The molecule has 5 heteroatoms. The fourth-order valence-electron chi connectivity index (χ4n) is 3.33. The number of carbonyl (C=O) groups excluding carboxylic acids is 1. The maximum atomic E-state index is 12.7. The highest BCUT2D eigenvalue weighted by Gasteiger charge is 2.40. The van der Waals surface area contributed by atoms with Gasteiger partial charge < -0.3 is 15.8 Å². The van der Waals surface area contributed by atoms with Gasteiger partial charge in [-0.2, -0.15) is 0 Å². The maximum absolute atomic E-state index is 12.7. The number of hydrogen-bond donors (Lipinski definition) is 2. The second-order valence-electron chi connectivity index (χ2n) is 6.00. The normalized spacial score (nSPS) is 23.6. The van der Waals surface area contributed by atoms with E-state index in [0.29, 0.717) is 32.6 Å². The Morgan fingerprint density at radius 3 is 2.90 bits per heavy atom. The molecule has 0 saturated carbocycles. The number of amides is 1. The molecule has 4 nitrogen and oxygen atoms in total. The molecule has 114 valence electrons. The number of halogens is 1. The molecule has 1 saturated heterocycles. The third kappa shape index (κ3) is 2.80. The average molecular weight is 309 g/mol. The lowest BCUT2D eigenvalue weighted by molar-refractivity contribution is -0.136. The third-order valence-electron chi connectivity index (χ3n) is 4.81. The molecule has 21 heavy (non-hydrogen) atoms. The van der Waals surface area contributed by atoms with E-state index in [9.17, 15) is 4.79 Å². The lowest BCUT2D eigenvalue weighted by Gasteiger charge is -2.35. The second kappa shape index (κ2) is 5.95. The molecule has 2 aliphatic rings. The van der Waals surface area contributed by atoms with Crippen molar-refractivity contribution in [3.63, 3.8) is 0 Å². The van der Waals surface area contributed by atoms with Crippen molar-refractivity contribution >= 4 is 17.5 Å². The molecule has 1 aliphatic heterocycles. The number of rotatable bonds is 3. The fourth-order valence-corrected chi connectivity index (χ4v) is 3.53. The van der Waals surface area contributed by atoms with Gasteiger partial charge in [0.15, 0.2) is 0 Å². The van der Waals surface area contributed by atoms with Crippen LogP contribution >= 0.6 is 11.6 Å². The van der Waals surface area contributed by atoms with Crippen molar-refractivity contribution in [3.05, 3.63) is 34.3 Å². The molecule has 3 rings (SSSR count). The topological polar surface area (TPSA) is 64.4 Å². The summed E-state index contributed by atoms with van der Waals surface area (Å²) in [7, 11) is 0. The van der Waals surface area contributed by atoms with Crippen LogP contribution < -0.4 is 11.1 Å². The number of nitrogens with two attached hydrogens (primary N) is 1. The number of benzene rings is 1. The first-order valence-corrected chi connectivity index (χ1v) is 7.89. The smallest absolute Gasteiger partial charge is 0.228 e. The largest absolute Gasteiger partial charge is 0.381 e. The quantitative estimate of drug-likeness (QED) is 0.899. The van der Waals surface area contributed by atoms with Gasteiger partial charge >= 0.3 is 0 Å². The zero-order chi connectivity index (χ0) is 14.9. The molecule has 1 amide bonds. The van der Waals surface area contributed by atoms with Crippen LogP contribution in [0.1, 0.15) is 36.4 Å². The summed E-state index contributed by atoms with van der Waals surface area (Å²) in [6, 6.07) is 5.99. The average Bonchev–Trinajstić information content (AvgIpc) is 2.90. The van der Waals surface area contributed by atoms with Crippen molar-refractivity contribution in [2.24, 2.45) is 11.1 Å². The van der Waals surface area contributed by atoms with Crippen LogP contribution in [-0.4, -0.2) is 25.7 Å². The minimum Gasteiger partial charge on any atom is -0.381 e. The predicted molar refractivity (Wildman–Crippen MR) is 82.2 cm³/mol. The van der Waals surface area contributed by atoms with Gasteiger partial charge in [-0.15, -0.1) is 0 Å². The molecule has 1 aromatic carbocycles. The number of hydrogen-bond acceptors (Lipinski definition) is 3. The minimum atomic E-state index is -0.465. The van der Waals surface area contributed by atoms with Crippen molar-refractivity contribution in [3.8, 4) is 0 Å². The van der Waals surface area contributed by atoms with Crippen molar-refractivity contribution < 1.29 is 9.53 Å². The first-order valence-electron chi connectivity index (χ1n) is 7.52. The van der Waals surface area contributed by atoms with Gasteiger partial charge in [0.2, 0.25) is 5.91 Å². The minimum absolute atomic E-state index is 0.0705.